The van der Waals surface area contributed by atoms with Crippen molar-refractivity contribution in [3.8, 4) is 0 Å². The molecule has 0 aromatic rings. The summed E-state index contributed by atoms with van der Waals surface area (Å²) in [5, 5.41) is 25.5. The topological polar surface area (TPSA) is 166 Å². The predicted molar refractivity (Wildman–Crippen MR) is 305 cm³/mol. The van der Waals surface area contributed by atoms with Gasteiger partial charge in [0, 0.05) is 58.2 Å². The third kappa shape index (κ3) is 11.7. The van der Waals surface area contributed by atoms with Gasteiger partial charge in [-0.1, -0.05) is 102 Å². The van der Waals surface area contributed by atoms with E-state index in [1.165, 1.54) is 25.7 Å². The average molecular weight is 1080 g/mol. The maximum Gasteiger partial charge on any atom is 0.293 e. The molecule has 0 bridgehead atoms. The minimum Gasteiger partial charge on any atom is -0.468 e. The van der Waals surface area contributed by atoms with E-state index in [9.17, 15) is 34.2 Å². The lowest BCUT2D eigenvalue weighted by molar-refractivity contribution is -0.246. The van der Waals surface area contributed by atoms with Crippen molar-refractivity contribution in [3.05, 3.63) is 12.2 Å². The Morgan fingerprint density at radius 1 is 0.831 bits per heavy atom. The van der Waals surface area contributed by atoms with E-state index in [0.29, 0.717) is 68.5 Å². The van der Waals surface area contributed by atoms with Gasteiger partial charge in [0.1, 0.15) is 11.8 Å². The number of rotatable bonds is 25. The van der Waals surface area contributed by atoms with E-state index in [4.69, 9.17) is 16.1 Å². The van der Waals surface area contributed by atoms with E-state index >= 15 is 0 Å². The van der Waals surface area contributed by atoms with Crippen molar-refractivity contribution in [2.75, 3.05) is 54.6 Å². The number of nitrogens with one attached hydrogen (secondary N) is 1. The summed E-state index contributed by atoms with van der Waals surface area (Å²) in [6.45, 7) is 33.1. The van der Waals surface area contributed by atoms with Crippen LogP contribution in [0.25, 0.3) is 0 Å². The molecule has 0 radical (unpaired) electrons. The van der Waals surface area contributed by atoms with Gasteiger partial charge in [0.2, 0.25) is 17.7 Å². The zero-order valence-corrected chi connectivity index (χ0v) is 51.3. The Kier molecular flexibility index (Phi) is 20.6. The molecule has 1 heterocycles. The van der Waals surface area contributed by atoms with Crippen LogP contribution >= 0.6 is 0 Å². The first kappa shape index (κ1) is 63.3. The molecule has 0 spiro atoms. The highest BCUT2D eigenvalue weighted by atomic mass is 16.5. The fourth-order valence-corrected chi connectivity index (χ4v) is 19.2. The molecule has 18 atom stereocenters. The minimum atomic E-state index is -0.770. The van der Waals surface area contributed by atoms with Gasteiger partial charge in [-0.2, -0.15) is 0 Å². The summed E-state index contributed by atoms with van der Waals surface area (Å²) in [5.74, 6) is 1.04. The van der Waals surface area contributed by atoms with E-state index in [-0.39, 0.29) is 99.9 Å². The van der Waals surface area contributed by atoms with Crippen molar-refractivity contribution < 1.29 is 43.7 Å². The fraction of sp³-hybridized carbons (Fsp3) is 0.891. The van der Waals surface area contributed by atoms with E-state index in [0.717, 1.165) is 56.9 Å². The molecule has 3 unspecified atom stereocenters. The summed E-state index contributed by atoms with van der Waals surface area (Å²) in [6.07, 6.45) is 13.7. The summed E-state index contributed by atoms with van der Waals surface area (Å²) in [5.41, 5.74) is 1.58. The molecular weight excluding hydrogens is 969 g/mol. The normalized spacial score (nSPS) is 35.3. The van der Waals surface area contributed by atoms with Crippen molar-refractivity contribution in [1.29, 1.82) is 0 Å². The molecule has 77 heavy (non-hydrogen) atoms. The summed E-state index contributed by atoms with van der Waals surface area (Å²) in [4.78, 5) is 73.8. The van der Waals surface area contributed by atoms with Crippen LogP contribution in [0.4, 0.5) is 0 Å². The van der Waals surface area contributed by atoms with Gasteiger partial charge in [0.15, 0.2) is 0 Å². The molecule has 6 rings (SSSR count). The van der Waals surface area contributed by atoms with Crippen LogP contribution in [-0.2, 0) is 33.4 Å². The SMILES string of the molecule is C=C(CCC(=O)[C@H](C)[C@@H](CO)C1CCCN1C(=O)C[C@@H](OC)[C@H]([C@@H](C)CC)N(C)C(=O)[C@@H](NC(=O)[C@H](C(C)C)N(C)C)C(C)C)[C@@H]1CC[C@]2(CO)CC[C@]3(C)C(CCC4[C@@]5(C)CC[C@H](COC=O)C(C)(C)[C@@H]5CC[C@]43C)[C@@H]12. The summed E-state index contributed by atoms with van der Waals surface area (Å²) < 4.78 is 11.6. The van der Waals surface area contributed by atoms with Gasteiger partial charge >= 0.3 is 0 Å². The number of carbonyl (C=O) groups excluding carboxylic acids is 5. The number of hydrogen-bond donors (Lipinski definition) is 3. The first-order chi connectivity index (χ1) is 36.1. The predicted octanol–water partition coefficient (Wildman–Crippen LogP) is 10.00. The second kappa shape index (κ2) is 25.1. The maximum absolute atomic E-state index is 14.6. The van der Waals surface area contributed by atoms with Crippen LogP contribution in [0.1, 0.15) is 186 Å². The Labute approximate surface area is 466 Å². The molecule has 13 nitrogen and oxygen atoms in total. The summed E-state index contributed by atoms with van der Waals surface area (Å²) >= 11 is 0. The monoisotopic (exact) mass is 1080 g/mol. The second-order valence-corrected chi connectivity index (χ2v) is 28.6. The number of fused-ring (bicyclic) bond motifs is 7. The third-order valence-corrected chi connectivity index (χ3v) is 24.0. The molecule has 6 fully saturated rings. The van der Waals surface area contributed by atoms with Crippen molar-refractivity contribution in [3.63, 3.8) is 0 Å². The van der Waals surface area contributed by atoms with Crippen LogP contribution in [0.2, 0.25) is 0 Å². The largest absolute Gasteiger partial charge is 0.468 e. The molecule has 13 heteroatoms. The molecule has 3 amide bonds. The highest BCUT2D eigenvalue weighted by molar-refractivity contribution is 5.90. The third-order valence-electron chi connectivity index (χ3n) is 24.0. The highest BCUT2D eigenvalue weighted by Gasteiger charge is 2.71. The van der Waals surface area contributed by atoms with Crippen molar-refractivity contribution >= 4 is 30.0 Å². The Morgan fingerprint density at radius 3 is 2.10 bits per heavy atom. The van der Waals surface area contributed by atoms with Crippen LogP contribution in [0.3, 0.4) is 0 Å². The number of hydrogen-bond acceptors (Lipinski definition) is 10. The number of ether oxygens (including phenoxy) is 2. The van der Waals surface area contributed by atoms with Crippen LogP contribution < -0.4 is 5.32 Å². The van der Waals surface area contributed by atoms with Gasteiger partial charge in [-0.3, -0.25) is 28.9 Å². The molecule has 0 aromatic carbocycles. The molecule has 3 N–H and O–H groups in total. The second-order valence-electron chi connectivity index (χ2n) is 28.6. The lowest BCUT2D eigenvalue weighted by Gasteiger charge is -2.73. The number of likely N-dealkylation sites (N-methyl/N-ethyl adjacent to an activating group) is 2. The van der Waals surface area contributed by atoms with Gasteiger partial charge in [-0.05, 0) is 178 Å². The standard InChI is InChI=1S/C64H110N4O9/c1-18-41(6)57(67(16)59(75)55(39(2)3)65-58(74)56(40(4)5)66(14)15)50(76-17)34-53(73)68-33-19-20-48(68)46(35-69)43(8)49(72)23-21-42(7)45-26-30-64(37-70)32-31-62(12)47(54(45)64)22-24-52-61(11)28-25-44(36-77-38-71)60(9,10)51(61)27-29-63(52,62)13/h38-41,43-48,50-52,54-57,69-70H,7,18-37H2,1-6,8-17H3,(H,65,74)/t41-,43+,44+,45-,46+,47?,48?,50+,51-,52?,54+,55-,56-,57-,61-,62+,63+,64+/m0/s1. The first-order valence-corrected chi connectivity index (χ1v) is 30.7. The van der Waals surface area contributed by atoms with Gasteiger partial charge in [-0.15, -0.1) is 0 Å². The molecule has 1 aliphatic heterocycles. The van der Waals surface area contributed by atoms with Crippen LogP contribution in [-0.4, -0.2) is 140 Å². The lowest BCUT2D eigenvalue weighted by Crippen LogP contribution is -2.66. The molecule has 5 saturated carbocycles. The maximum atomic E-state index is 14.6. The van der Waals surface area contributed by atoms with Crippen molar-refractivity contribution in [2.45, 2.75) is 216 Å². The van der Waals surface area contributed by atoms with E-state index in [1.54, 1.807) is 19.1 Å². The number of allylic oxidation sites excluding steroid dienone is 1. The van der Waals surface area contributed by atoms with E-state index < -0.39 is 36.1 Å². The lowest BCUT2D eigenvalue weighted by atomic mass is 9.32. The molecule has 6 aliphatic rings. The Balaban J connectivity index is 1.12. The quantitative estimate of drug-likeness (QED) is 0.0592. The first-order valence-electron chi connectivity index (χ1n) is 30.7. The minimum absolute atomic E-state index is 0.0305. The molecule has 440 valence electrons. The molecule has 1 saturated heterocycles. The number of nitrogens with zero attached hydrogens (tertiary/aromatic N) is 3. The van der Waals surface area contributed by atoms with Gasteiger partial charge < -0.3 is 34.8 Å². The number of Topliss-reactive ketones (excluding diaryl/α,β-unsaturated/α-hetero) is 1. The van der Waals surface area contributed by atoms with Crippen molar-refractivity contribution in [2.24, 2.45) is 92.2 Å². The van der Waals surface area contributed by atoms with Gasteiger partial charge in [0.05, 0.1) is 31.2 Å². The fourth-order valence-electron chi connectivity index (χ4n) is 19.2. The van der Waals surface area contributed by atoms with Gasteiger partial charge in [0.25, 0.3) is 6.47 Å². The van der Waals surface area contributed by atoms with Crippen LogP contribution in [0.15, 0.2) is 12.2 Å². The van der Waals surface area contributed by atoms with Crippen LogP contribution in [0, 0.1) is 92.2 Å². The molecule has 5 aliphatic carbocycles. The number of aliphatic hydroxyl groups is 2. The van der Waals surface area contributed by atoms with E-state index in [2.05, 4.69) is 53.8 Å². The smallest absolute Gasteiger partial charge is 0.293 e. The molecule has 0 aromatic heterocycles. The Bertz CT molecular complexity index is 2070. The number of methoxy groups -OCH3 is 1. The average Bonchev–Trinajstić information content (AvgIpc) is 4.03. The summed E-state index contributed by atoms with van der Waals surface area (Å²) in [6, 6.07) is -1.95. The number of ketones is 1. The molecular formula is C64H110N4O9. The number of amides is 3. The Hall–Kier alpha value is -2.87. The van der Waals surface area contributed by atoms with Gasteiger partial charge in [-0.25, -0.2) is 0 Å². The number of likely N-dealkylation sites (tertiary alicyclic amines) is 1. The number of aliphatic hydroxyl groups excluding tert-OH is 2. The van der Waals surface area contributed by atoms with E-state index in [1.807, 2.05) is 58.5 Å². The number of carbonyl (C=O) groups is 5. The summed E-state index contributed by atoms with van der Waals surface area (Å²) in [7, 11) is 7.08. The Morgan fingerprint density at radius 2 is 1.52 bits per heavy atom. The highest BCUT2D eigenvalue weighted by Crippen LogP contribution is 2.78. The van der Waals surface area contributed by atoms with Crippen LogP contribution in [0.5, 0.6) is 0 Å². The zero-order chi connectivity index (χ0) is 57.3. The zero-order valence-electron chi connectivity index (χ0n) is 51.3. The van der Waals surface area contributed by atoms with Crippen molar-refractivity contribution in [1.82, 2.24) is 20.0 Å².